The molecular weight excluding hydrogens is 204 g/mol. The first-order chi connectivity index (χ1) is 7.63. The van der Waals surface area contributed by atoms with Crippen molar-refractivity contribution < 1.29 is 9.53 Å². The van der Waals surface area contributed by atoms with E-state index >= 15 is 0 Å². The second kappa shape index (κ2) is 6.21. The van der Waals surface area contributed by atoms with Crippen molar-refractivity contribution in [2.75, 3.05) is 26.8 Å². The van der Waals surface area contributed by atoms with Crippen LogP contribution in [0.3, 0.4) is 0 Å². The number of hydrogen-bond acceptors (Lipinski definition) is 3. The zero-order chi connectivity index (χ0) is 12.0. The standard InChI is InChI=1S/C12H24N2O2/c1-10(8-13)11(15)14-9-12(4-3-5-12)6-7-16-2/h10H,3-9,13H2,1-2H3,(H,14,15). The Morgan fingerprint density at radius 3 is 2.69 bits per heavy atom. The van der Waals surface area contributed by atoms with Gasteiger partial charge in [0, 0.05) is 32.7 Å². The van der Waals surface area contributed by atoms with Gasteiger partial charge in [-0.15, -0.1) is 0 Å². The van der Waals surface area contributed by atoms with Gasteiger partial charge in [0.05, 0.1) is 0 Å². The van der Waals surface area contributed by atoms with E-state index in [2.05, 4.69) is 5.32 Å². The minimum atomic E-state index is -0.0837. The van der Waals surface area contributed by atoms with Crippen molar-refractivity contribution >= 4 is 5.91 Å². The van der Waals surface area contributed by atoms with Crippen molar-refractivity contribution in [1.29, 1.82) is 0 Å². The Labute approximate surface area is 97.9 Å². The van der Waals surface area contributed by atoms with Gasteiger partial charge < -0.3 is 15.8 Å². The van der Waals surface area contributed by atoms with Crippen LogP contribution in [0.2, 0.25) is 0 Å². The smallest absolute Gasteiger partial charge is 0.224 e. The molecule has 16 heavy (non-hydrogen) atoms. The third kappa shape index (κ3) is 3.46. The zero-order valence-corrected chi connectivity index (χ0v) is 10.4. The maximum absolute atomic E-state index is 11.6. The van der Waals surface area contributed by atoms with E-state index in [1.54, 1.807) is 7.11 Å². The summed E-state index contributed by atoms with van der Waals surface area (Å²) in [6, 6.07) is 0. The predicted molar refractivity (Wildman–Crippen MR) is 64.0 cm³/mol. The molecule has 1 unspecified atom stereocenters. The van der Waals surface area contributed by atoms with Gasteiger partial charge >= 0.3 is 0 Å². The van der Waals surface area contributed by atoms with E-state index < -0.39 is 0 Å². The van der Waals surface area contributed by atoms with E-state index in [-0.39, 0.29) is 11.8 Å². The second-order valence-corrected chi connectivity index (χ2v) is 4.95. The molecule has 1 amide bonds. The summed E-state index contributed by atoms with van der Waals surface area (Å²) in [7, 11) is 1.72. The van der Waals surface area contributed by atoms with Gasteiger partial charge in [-0.25, -0.2) is 0 Å². The van der Waals surface area contributed by atoms with Gasteiger partial charge in [0.1, 0.15) is 0 Å². The first kappa shape index (κ1) is 13.5. The Morgan fingerprint density at radius 1 is 1.56 bits per heavy atom. The normalized spacial score (nSPS) is 19.9. The van der Waals surface area contributed by atoms with E-state index in [9.17, 15) is 4.79 Å². The van der Waals surface area contributed by atoms with Gasteiger partial charge in [0.25, 0.3) is 0 Å². The lowest BCUT2D eigenvalue weighted by Gasteiger charge is -2.42. The lowest BCUT2D eigenvalue weighted by molar-refractivity contribution is -0.125. The quantitative estimate of drug-likeness (QED) is 0.680. The minimum absolute atomic E-state index is 0.0752. The molecule has 4 heteroatoms. The summed E-state index contributed by atoms with van der Waals surface area (Å²) < 4.78 is 5.12. The number of carbonyl (C=O) groups is 1. The molecule has 1 atom stereocenters. The maximum Gasteiger partial charge on any atom is 0.224 e. The molecule has 0 spiro atoms. The Morgan fingerprint density at radius 2 is 2.25 bits per heavy atom. The Balaban J connectivity index is 2.31. The largest absolute Gasteiger partial charge is 0.385 e. The third-order valence-electron chi connectivity index (χ3n) is 3.69. The van der Waals surface area contributed by atoms with Crippen LogP contribution in [0.4, 0.5) is 0 Å². The van der Waals surface area contributed by atoms with Crippen LogP contribution in [0.25, 0.3) is 0 Å². The van der Waals surface area contributed by atoms with Gasteiger partial charge in [0.15, 0.2) is 0 Å². The molecule has 0 radical (unpaired) electrons. The number of nitrogens with one attached hydrogen (secondary N) is 1. The average Bonchev–Trinajstić information content (AvgIpc) is 2.25. The molecule has 0 aromatic carbocycles. The fourth-order valence-electron chi connectivity index (χ4n) is 2.07. The van der Waals surface area contributed by atoms with Crippen molar-refractivity contribution in [2.24, 2.45) is 17.1 Å². The number of ether oxygens (including phenoxy) is 1. The molecule has 0 aromatic heterocycles. The number of rotatable bonds is 7. The summed E-state index contributed by atoms with van der Waals surface area (Å²) in [5.41, 5.74) is 5.75. The fraction of sp³-hybridized carbons (Fsp3) is 0.917. The van der Waals surface area contributed by atoms with E-state index in [0.29, 0.717) is 12.0 Å². The van der Waals surface area contributed by atoms with Gasteiger partial charge in [-0.05, 0) is 24.7 Å². The zero-order valence-electron chi connectivity index (χ0n) is 10.4. The van der Waals surface area contributed by atoms with Crippen LogP contribution >= 0.6 is 0 Å². The van der Waals surface area contributed by atoms with Crippen LogP contribution in [0, 0.1) is 11.3 Å². The lowest BCUT2D eigenvalue weighted by Crippen LogP contribution is -2.45. The van der Waals surface area contributed by atoms with Crippen molar-refractivity contribution in [1.82, 2.24) is 5.32 Å². The van der Waals surface area contributed by atoms with Crippen LogP contribution in [0.1, 0.15) is 32.6 Å². The average molecular weight is 228 g/mol. The number of amides is 1. The SMILES string of the molecule is COCCC1(CNC(=O)C(C)CN)CCC1. The highest BCUT2D eigenvalue weighted by molar-refractivity contribution is 5.78. The van der Waals surface area contributed by atoms with Gasteiger partial charge in [-0.1, -0.05) is 13.3 Å². The highest BCUT2D eigenvalue weighted by Crippen LogP contribution is 2.43. The topological polar surface area (TPSA) is 64.3 Å². The minimum Gasteiger partial charge on any atom is -0.385 e. The van der Waals surface area contributed by atoms with Crippen molar-refractivity contribution in [3.05, 3.63) is 0 Å². The third-order valence-corrected chi connectivity index (χ3v) is 3.69. The van der Waals surface area contributed by atoms with Crippen LogP contribution in [-0.4, -0.2) is 32.7 Å². The highest BCUT2D eigenvalue weighted by Gasteiger charge is 2.36. The van der Waals surface area contributed by atoms with Crippen LogP contribution in [-0.2, 0) is 9.53 Å². The van der Waals surface area contributed by atoms with Crippen LogP contribution in [0.15, 0.2) is 0 Å². The monoisotopic (exact) mass is 228 g/mol. The second-order valence-electron chi connectivity index (χ2n) is 4.95. The lowest BCUT2D eigenvalue weighted by atomic mass is 9.66. The molecular formula is C12H24N2O2. The predicted octanol–water partition coefficient (Wildman–Crippen LogP) is 0.904. The Hall–Kier alpha value is -0.610. The molecule has 4 nitrogen and oxygen atoms in total. The number of hydrogen-bond donors (Lipinski definition) is 2. The Bertz CT molecular complexity index is 227. The molecule has 1 saturated carbocycles. The molecule has 1 aliphatic rings. The van der Waals surface area contributed by atoms with Gasteiger partial charge in [-0.3, -0.25) is 4.79 Å². The molecule has 0 saturated heterocycles. The Kier molecular flexibility index (Phi) is 5.22. The summed E-state index contributed by atoms with van der Waals surface area (Å²) >= 11 is 0. The summed E-state index contributed by atoms with van der Waals surface area (Å²) in [4.78, 5) is 11.6. The summed E-state index contributed by atoms with van der Waals surface area (Å²) in [6.07, 6.45) is 4.72. The molecule has 0 aliphatic heterocycles. The first-order valence-corrected chi connectivity index (χ1v) is 6.10. The van der Waals surface area contributed by atoms with Crippen LogP contribution in [0.5, 0.6) is 0 Å². The van der Waals surface area contributed by atoms with E-state index in [0.717, 1.165) is 19.6 Å². The number of nitrogens with two attached hydrogens (primary N) is 1. The molecule has 94 valence electrons. The molecule has 0 heterocycles. The number of methoxy groups -OCH3 is 1. The van der Waals surface area contributed by atoms with E-state index in [1.807, 2.05) is 6.92 Å². The summed E-state index contributed by atoms with van der Waals surface area (Å²) in [6.45, 7) is 3.83. The fourth-order valence-corrected chi connectivity index (χ4v) is 2.07. The molecule has 3 N–H and O–H groups in total. The van der Waals surface area contributed by atoms with Crippen molar-refractivity contribution in [2.45, 2.75) is 32.6 Å². The number of carbonyl (C=O) groups excluding carboxylic acids is 1. The summed E-state index contributed by atoms with van der Waals surface area (Å²) in [5, 5.41) is 3.01. The molecule has 0 aromatic rings. The first-order valence-electron chi connectivity index (χ1n) is 6.10. The van der Waals surface area contributed by atoms with Crippen LogP contribution < -0.4 is 11.1 Å². The maximum atomic E-state index is 11.6. The molecule has 1 fully saturated rings. The highest BCUT2D eigenvalue weighted by atomic mass is 16.5. The van der Waals surface area contributed by atoms with Crippen molar-refractivity contribution in [3.63, 3.8) is 0 Å². The van der Waals surface area contributed by atoms with Gasteiger partial charge in [0.2, 0.25) is 5.91 Å². The van der Waals surface area contributed by atoms with E-state index in [4.69, 9.17) is 10.5 Å². The van der Waals surface area contributed by atoms with Crippen molar-refractivity contribution in [3.8, 4) is 0 Å². The summed E-state index contributed by atoms with van der Waals surface area (Å²) in [5.74, 6) is -0.00857. The molecule has 1 rings (SSSR count). The van der Waals surface area contributed by atoms with E-state index in [1.165, 1.54) is 19.3 Å². The molecule has 0 bridgehead atoms. The van der Waals surface area contributed by atoms with Gasteiger partial charge in [-0.2, -0.15) is 0 Å². The molecule has 1 aliphatic carbocycles.